The maximum Gasteiger partial charge on any atom is 0.163 e. The molecule has 0 amide bonds. The van der Waals surface area contributed by atoms with Crippen LogP contribution in [0.15, 0.2) is 12.7 Å². The molecular weight excluding hydrogens is 168 g/mol. The number of aliphatic hydroxyl groups is 1. The fourth-order valence-corrected chi connectivity index (χ4v) is 1.36. The monoisotopic (exact) mass is 186 g/mol. The van der Waals surface area contributed by atoms with Crippen LogP contribution >= 0.6 is 0 Å². The molecule has 3 atom stereocenters. The zero-order chi connectivity index (χ0) is 10.1. The summed E-state index contributed by atoms with van der Waals surface area (Å²) >= 11 is 0. The predicted molar refractivity (Wildman–Crippen MR) is 50.3 cm³/mol. The van der Waals surface area contributed by atoms with E-state index in [0.717, 1.165) is 0 Å². The molecule has 3 heteroatoms. The van der Waals surface area contributed by atoms with E-state index in [1.165, 1.54) is 0 Å². The largest absolute Gasteiger partial charge is 0.390 e. The topological polar surface area (TPSA) is 38.7 Å². The summed E-state index contributed by atoms with van der Waals surface area (Å²) in [4.78, 5) is 0. The molecule has 13 heavy (non-hydrogen) atoms. The first-order chi connectivity index (χ1) is 5.96. The second-order valence-electron chi connectivity index (χ2n) is 3.95. The minimum atomic E-state index is -0.563. The van der Waals surface area contributed by atoms with Gasteiger partial charge in [0, 0.05) is 5.92 Å². The summed E-state index contributed by atoms with van der Waals surface area (Å²) in [6.45, 7) is 9.68. The average Bonchev–Trinajstić information content (AvgIpc) is 2.43. The third-order valence-corrected chi connectivity index (χ3v) is 2.32. The van der Waals surface area contributed by atoms with Gasteiger partial charge >= 0.3 is 0 Å². The first kappa shape index (κ1) is 10.7. The van der Waals surface area contributed by atoms with E-state index >= 15 is 0 Å². The Kier molecular flexibility index (Phi) is 3.11. The van der Waals surface area contributed by atoms with Crippen molar-refractivity contribution in [2.24, 2.45) is 5.92 Å². The molecule has 0 radical (unpaired) electrons. The Bertz CT molecular complexity index is 189. The molecule has 0 aromatic heterocycles. The zero-order valence-corrected chi connectivity index (χ0v) is 8.49. The number of ether oxygens (including phenoxy) is 2. The highest BCUT2D eigenvalue weighted by Crippen LogP contribution is 2.26. The quantitative estimate of drug-likeness (QED) is 0.676. The Balaban J connectivity index is 2.51. The summed E-state index contributed by atoms with van der Waals surface area (Å²) in [5, 5.41) is 9.77. The Morgan fingerprint density at radius 1 is 1.62 bits per heavy atom. The van der Waals surface area contributed by atoms with Crippen molar-refractivity contribution in [3.8, 4) is 0 Å². The molecule has 1 aliphatic rings. The van der Waals surface area contributed by atoms with Crippen LogP contribution < -0.4 is 0 Å². The molecule has 1 rings (SSSR count). The van der Waals surface area contributed by atoms with Gasteiger partial charge in [-0.1, -0.05) is 13.0 Å². The summed E-state index contributed by atoms with van der Waals surface area (Å²) in [6, 6.07) is 0. The number of hydrogen-bond acceptors (Lipinski definition) is 3. The summed E-state index contributed by atoms with van der Waals surface area (Å²) in [6.07, 6.45) is 0.960. The van der Waals surface area contributed by atoms with Crippen LogP contribution in [0.4, 0.5) is 0 Å². The Morgan fingerprint density at radius 3 is 2.62 bits per heavy atom. The molecule has 76 valence electrons. The van der Waals surface area contributed by atoms with Crippen LogP contribution in [0.2, 0.25) is 0 Å². The van der Waals surface area contributed by atoms with Crippen molar-refractivity contribution in [2.75, 3.05) is 6.61 Å². The molecule has 1 aliphatic heterocycles. The van der Waals surface area contributed by atoms with Gasteiger partial charge in [0.15, 0.2) is 5.79 Å². The molecular formula is C10H18O3. The minimum Gasteiger partial charge on any atom is -0.390 e. The van der Waals surface area contributed by atoms with Crippen LogP contribution in [0.1, 0.15) is 20.8 Å². The predicted octanol–water partition coefficient (Wildman–Crippen LogP) is 1.32. The molecule has 0 bridgehead atoms. The lowest BCUT2D eigenvalue weighted by atomic mass is 10.0. The van der Waals surface area contributed by atoms with E-state index in [9.17, 15) is 5.11 Å². The van der Waals surface area contributed by atoms with E-state index in [0.29, 0.717) is 6.61 Å². The highest BCUT2D eigenvalue weighted by molar-refractivity contribution is 4.88. The highest BCUT2D eigenvalue weighted by Gasteiger charge is 2.37. The lowest BCUT2D eigenvalue weighted by Gasteiger charge is -2.22. The van der Waals surface area contributed by atoms with Gasteiger partial charge in [0.2, 0.25) is 0 Å². The lowest BCUT2D eigenvalue weighted by molar-refractivity contribution is -0.153. The molecule has 1 heterocycles. The van der Waals surface area contributed by atoms with Gasteiger partial charge in [-0.15, -0.1) is 6.58 Å². The molecule has 3 nitrogen and oxygen atoms in total. The van der Waals surface area contributed by atoms with Gasteiger partial charge in [-0.2, -0.15) is 0 Å². The zero-order valence-electron chi connectivity index (χ0n) is 8.49. The fourth-order valence-electron chi connectivity index (χ4n) is 1.36. The van der Waals surface area contributed by atoms with Gasteiger partial charge in [0.25, 0.3) is 0 Å². The maximum atomic E-state index is 9.77. The molecule has 0 spiro atoms. The third kappa shape index (κ3) is 2.53. The van der Waals surface area contributed by atoms with Gasteiger partial charge in [-0.3, -0.25) is 0 Å². The number of aliphatic hydroxyl groups excluding tert-OH is 1. The molecule has 0 unspecified atom stereocenters. The molecule has 1 fully saturated rings. The van der Waals surface area contributed by atoms with Crippen LogP contribution in [0.3, 0.4) is 0 Å². The SMILES string of the molecule is C=C[C@H](C)[C@H](O)[C@@H]1COC(C)(C)O1. The smallest absolute Gasteiger partial charge is 0.163 e. The number of rotatable bonds is 3. The molecule has 0 saturated carbocycles. The fraction of sp³-hybridized carbons (Fsp3) is 0.800. The van der Waals surface area contributed by atoms with Gasteiger partial charge in [-0.25, -0.2) is 0 Å². The van der Waals surface area contributed by atoms with Crippen molar-refractivity contribution in [2.45, 2.75) is 38.8 Å². The van der Waals surface area contributed by atoms with E-state index < -0.39 is 11.9 Å². The van der Waals surface area contributed by atoms with E-state index in [1.807, 2.05) is 20.8 Å². The summed E-state index contributed by atoms with van der Waals surface area (Å²) in [5.74, 6) is -0.533. The Morgan fingerprint density at radius 2 is 2.23 bits per heavy atom. The van der Waals surface area contributed by atoms with E-state index in [4.69, 9.17) is 9.47 Å². The Hall–Kier alpha value is -0.380. The van der Waals surface area contributed by atoms with Gasteiger partial charge in [0.05, 0.1) is 12.7 Å². The van der Waals surface area contributed by atoms with Crippen LogP contribution in [-0.2, 0) is 9.47 Å². The van der Waals surface area contributed by atoms with Gasteiger partial charge in [-0.05, 0) is 13.8 Å². The normalized spacial score (nSPS) is 31.2. The number of hydrogen-bond donors (Lipinski definition) is 1. The first-order valence-corrected chi connectivity index (χ1v) is 4.58. The maximum absolute atomic E-state index is 9.77. The first-order valence-electron chi connectivity index (χ1n) is 4.58. The average molecular weight is 186 g/mol. The summed E-state index contributed by atoms with van der Waals surface area (Å²) in [7, 11) is 0. The van der Waals surface area contributed by atoms with Crippen molar-refractivity contribution in [3.05, 3.63) is 12.7 Å². The van der Waals surface area contributed by atoms with Crippen LogP contribution in [-0.4, -0.2) is 29.7 Å². The van der Waals surface area contributed by atoms with Crippen molar-refractivity contribution in [3.63, 3.8) is 0 Å². The standard InChI is InChI=1S/C10H18O3/c1-5-7(2)9(11)8-6-12-10(3,4)13-8/h5,7-9,11H,1,6H2,2-4H3/t7-,8-,9-/m0/s1. The third-order valence-electron chi connectivity index (χ3n) is 2.32. The van der Waals surface area contributed by atoms with Crippen molar-refractivity contribution < 1.29 is 14.6 Å². The summed E-state index contributed by atoms with van der Waals surface area (Å²) in [5.41, 5.74) is 0. The molecule has 1 N–H and O–H groups in total. The van der Waals surface area contributed by atoms with Crippen molar-refractivity contribution >= 4 is 0 Å². The molecule has 0 aromatic carbocycles. The second kappa shape index (κ2) is 3.78. The van der Waals surface area contributed by atoms with Crippen LogP contribution in [0, 0.1) is 5.92 Å². The van der Waals surface area contributed by atoms with Gasteiger partial charge < -0.3 is 14.6 Å². The molecule has 0 aromatic rings. The molecule has 0 aliphatic carbocycles. The van der Waals surface area contributed by atoms with Gasteiger partial charge in [0.1, 0.15) is 6.10 Å². The van der Waals surface area contributed by atoms with Crippen molar-refractivity contribution in [1.29, 1.82) is 0 Å². The lowest BCUT2D eigenvalue weighted by Crippen LogP contribution is -2.34. The van der Waals surface area contributed by atoms with E-state index in [1.54, 1.807) is 6.08 Å². The summed E-state index contributed by atoms with van der Waals surface area (Å²) < 4.78 is 10.9. The minimum absolute atomic E-state index is 0.0301. The van der Waals surface area contributed by atoms with E-state index in [2.05, 4.69) is 6.58 Å². The Labute approximate surface area is 79.3 Å². The van der Waals surface area contributed by atoms with Crippen LogP contribution in [0.25, 0.3) is 0 Å². The van der Waals surface area contributed by atoms with E-state index in [-0.39, 0.29) is 12.0 Å². The highest BCUT2D eigenvalue weighted by atomic mass is 16.7. The molecule has 1 saturated heterocycles. The van der Waals surface area contributed by atoms with Crippen molar-refractivity contribution in [1.82, 2.24) is 0 Å². The van der Waals surface area contributed by atoms with Crippen LogP contribution in [0.5, 0.6) is 0 Å². The second-order valence-corrected chi connectivity index (χ2v) is 3.95.